The van der Waals surface area contributed by atoms with Crippen molar-refractivity contribution in [3.05, 3.63) is 0 Å². The Hall–Kier alpha value is -0.340. The summed E-state index contributed by atoms with van der Waals surface area (Å²) < 4.78 is 17.2. The molecule has 0 saturated heterocycles. The van der Waals surface area contributed by atoms with Crippen molar-refractivity contribution in [2.45, 2.75) is 13.3 Å². The third-order valence-electron chi connectivity index (χ3n) is 0.929. The van der Waals surface area contributed by atoms with Gasteiger partial charge in [0.1, 0.15) is 14.1 Å². The van der Waals surface area contributed by atoms with Gasteiger partial charge in [-0.15, -0.1) is 0 Å². The topological polar surface area (TPSA) is 49.5 Å². The second kappa shape index (κ2) is 4.52. The van der Waals surface area contributed by atoms with Crippen LogP contribution in [0.2, 0.25) is 0 Å². The standard InChI is InChI=1S/C6H14NO3P/c1-4-5-11(8,9)10-6-7(2)3/h6H,4-5H2,1-3H3/p+1. The summed E-state index contributed by atoms with van der Waals surface area (Å²) in [4.78, 5) is 9.04. The second-order valence-electron chi connectivity index (χ2n) is 2.54. The van der Waals surface area contributed by atoms with Crippen molar-refractivity contribution in [1.29, 1.82) is 0 Å². The van der Waals surface area contributed by atoms with Crippen LogP contribution in [0.1, 0.15) is 13.3 Å². The molecule has 66 valence electrons. The number of rotatable bonds is 4. The third-order valence-corrected chi connectivity index (χ3v) is 2.36. The fraction of sp³-hybridized carbons (Fsp3) is 0.833. The van der Waals surface area contributed by atoms with Crippen LogP contribution in [0.5, 0.6) is 0 Å². The van der Waals surface area contributed by atoms with Gasteiger partial charge in [0.15, 0.2) is 0 Å². The number of hydrogen-bond donors (Lipinski definition) is 1. The van der Waals surface area contributed by atoms with Crippen LogP contribution in [0.15, 0.2) is 0 Å². The fourth-order valence-electron chi connectivity index (χ4n) is 0.503. The molecule has 4 nitrogen and oxygen atoms in total. The Balaban J connectivity index is 3.93. The normalized spacial score (nSPS) is 15.3. The minimum Gasteiger partial charge on any atom is -0.375 e. The molecule has 1 unspecified atom stereocenters. The van der Waals surface area contributed by atoms with Crippen LogP contribution in [-0.4, -0.2) is 36.1 Å². The zero-order valence-corrected chi connectivity index (χ0v) is 8.04. The van der Waals surface area contributed by atoms with Crippen molar-refractivity contribution in [3.63, 3.8) is 0 Å². The Morgan fingerprint density at radius 3 is 2.55 bits per heavy atom. The van der Waals surface area contributed by atoms with E-state index in [1.165, 1.54) is 6.40 Å². The zero-order chi connectivity index (χ0) is 8.91. The van der Waals surface area contributed by atoms with Gasteiger partial charge in [-0.1, -0.05) is 6.92 Å². The van der Waals surface area contributed by atoms with Crippen LogP contribution in [0.3, 0.4) is 0 Å². The summed E-state index contributed by atoms with van der Waals surface area (Å²) in [5, 5.41) is 0. The fourth-order valence-corrected chi connectivity index (χ4v) is 1.51. The molecule has 0 heterocycles. The van der Waals surface area contributed by atoms with E-state index in [9.17, 15) is 4.57 Å². The Bertz CT molecular complexity index is 186. The lowest BCUT2D eigenvalue weighted by atomic mass is 10.6. The molecule has 0 radical (unpaired) electrons. The predicted molar refractivity (Wildman–Crippen MR) is 44.2 cm³/mol. The quantitative estimate of drug-likeness (QED) is 0.302. The lowest BCUT2D eigenvalue weighted by molar-refractivity contribution is -0.466. The van der Waals surface area contributed by atoms with E-state index in [2.05, 4.69) is 4.52 Å². The summed E-state index contributed by atoms with van der Waals surface area (Å²) in [6.45, 7) is 1.84. The maximum absolute atomic E-state index is 11.0. The van der Waals surface area contributed by atoms with Crippen LogP contribution in [-0.2, 0) is 9.09 Å². The van der Waals surface area contributed by atoms with Crippen molar-refractivity contribution in [1.82, 2.24) is 0 Å². The number of nitrogens with zero attached hydrogens (tertiary/aromatic N) is 1. The first-order valence-electron chi connectivity index (χ1n) is 3.48. The smallest absolute Gasteiger partial charge is 0.375 e. The van der Waals surface area contributed by atoms with Crippen molar-refractivity contribution in [2.75, 3.05) is 20.3 Å². The highest BCUT2D eigenvalue weighted by Crippen LogP contribution is 2.41. The van der Waals surface area contributed by atoms with E-state index in [4.69, 9.17) is 4.89 Å². The molecule has 0 rings (SSSR count). The minimum absolute atomic E-state index is 0.206. The van der Waals surface area contributed by atoms with E-state index in [1.54, 1.807) is 18.7 Å². The Labute approximate surface area is 67.0 Å². The summed E-state index contributed by atoms with van der Waals surface area (Å²) >= 11 is 0. The molecule has 0 spiro atoms. The molecule has 0 fully saturated rings. The molecule has 0 aromatic heterocycles. The maximum Gasteiger partial charge on any atom is 0.380 e. The lowest BCUT2D eigenvalue weighted by Crippen LogP contribution is -2.02. The molecule has 5 heteroatoms. The molecule has 0 amide bonds. The highest BCUT2D eigenvalue weighted by atomic mass is 31.2. The van der Waals surface area contributed by atoms with Gasteiger partial charge in [0, 0.05) is 0 Å². The van der Waals surface area contributed by atoms with Gasteiger partial charge in [-0.3, -0.25) is 0 Å². The molecule has 0 aromatic carbocycles. The first-order chi connectivity index (χ1) is 4.98. The van der Waals surface area contributed by atoms with Crippen LogP contribution in [0.25, 0.3) is 0 Å². The molecule has 0 bridgehead atoms. The Morgan fingerprint density at radius 1 is 1.64 bits per heavy atom. The minimum atomic E-state index is -3.34. The van der Waals surface area contributed by atoms with E-state index in [0.717, 1.165) is 0 Å². The van der Waals surface area contributed by atoms with Gasteiger partial charge in [-0.05, 0) is 6.42 Å². The van der Waals surface area contributed by atoms with Gasteiger partial charge in [0.2, 0.25) is 0 Å². The van der Waals surface area contributed by atoms with E-state index in [-0.39, 0.29) is 6.16 Å². The Kier molecular flexibility index (Phi) is 4.38. The van der Waals surface area contributed by atoms with E-state index in [0.29, 0.717) is 6.42 Å². The van der Waals surface area contributed by atoms with Crippen LogP contribution < -0.4 is 0 Å². The predicted octanol–water partition coefficient (Wildman–Crippen LogP) is 0.899. The van der Waals surface area contributed by atoms with Gasteiger partial charge in [-0.2, -0.15) is 0 Å². The van der Waals surface area contributed by atoms with Crippen LogP contribution in [0, 0.1) is 0 Å². The molecular weight excluding hydrogens is 165 g/mol. The molecular formula is C6H15NO3P+. The van der Waals surface area contributed by atoms with E-state index < -0.39 is 7.60 Å². The highest BCUT2D eigenvalue weighted by molar-refractivity contribution is 7.53. The molecule has 0 aliphatic carbocycles. The van der Waals surface area contributed by atoms with Gasteiger partial charge >= 0.3 is 14.0 Å². The van der Waals surface area contributed by atoms with Gasteiger partial charge < -0.3 is 9.42 Å². The molecule has 0 saturated carbocycles. The first-order valence-corrected chi connectivity index (χ1v) is 5.24. The second-order valence-corrected chi connectivity index (χ2v) is 4.47. The molecule has 0 aliphatic heterocycles. The molecule has 1 atom stereocenters. The van der Waals surface area contributed by atoms with Gasteiger partial charge in [-0.25, -0.2) is 9.14 Å². The number of hydrogen-bond acceptors (Lipinski definition) is 2. The summed E-state index contributed by atoms with van der Waals surface area (Å²) in [7, 11) is 0.113. The first kappa shape index (κ1) is 10.7. The largest absolute Gasteiger partial charge is 0.380 e. The van der Waals surface area contributed by atoms with Gasteiger partial charge in [0.25, 0.3) is 0 Å². The third kappa shape index (κ3) is 6.07. The van der Waals surface area contributed by atoms with E-state index >= 15 is 0 Å². The summed E-state index contributed by atoms with van der Waals surface area (Å²) in [6.07, 6.45) is 2.10. The summed E-state index contributed by atoms with van der Waals surface area (Å²) in [5.41, 5.74) is 0. The maximum atomic E-state index is 11.0. The average molecular weight is 180 g/mol. The van der Waals surface area contributed by atoms with Crippen molar-refractivity contribution >= 4 is 14.0 Å². The SMILES string of the molecule is CCCP(=O)(O)OC=[N+](C)C. The van der Waals surface area contributed by atoms with Crippen LogP contribution >= 0.6 is 7.60 Å². The van der Waals surface area contributed by atoms with Crippen LogP contribution in [0.4, 0.5) is 0 Å². The molecule has 0 aromatic rings. The molecule has 11 heavy (non-hydrogen) atoms. The van der Waals surface area contributed by atoms with Crippen molar-refractivity contribution in [2.24, 2.45) is 0 Å². The van der Waals surface area contributed by atoms with Gasteiger partial charge in [0.05, 0.1) is 6.16 Å². The highest BCUT2D eigenvalue weighted by Gasteiger charge is 2.18. The summed E-state index contributed by atoms with van der Waals surface area (Å²) in [6, 6.07) is 0. The lowest BCUT2D eigenvalue weighted by Gasteiger charge is -2.05. The zero-order valence-electron chi connectivity index (χ0n) is 7.15. The monoisotopic (exact) mass is 180 g/mol. The Morgan fingerprint density at radius 2 is 2.18 bits per heavy atom. The van der Waals surface area contributed by atoms with E-state index in [1.807, 2.05) is 6.92 Å². The summed E-state index contributed by atoms with van der Waals surface area (Å²) in [5.74, 6) is 0. The van der Waals surface area contributed by atoms with Crippen molar-refractivity contribution in [3.8, 4) is 0 Å². The van der Waals surface area contributed by atoms with Crippen molar-refractivity contribution < 1.29 is 18.6 Å². The molecule has 0 aliphatic rings. The molecule has 1 N–H and O–H groups in total. The average Bonchev–Trinajstić information content (AvgIpc) is 1.84.